The summed E-state index contributed by atoms with van der Waals surface area (Å²) in [6.45, 7) is 1.54. The average Bonchev–Trinajstić information content (AvgIpc) is 3.03. The normalized spacial score (nSPS) is 10.4. The monoisotopic (exact) mass is 339 g/mol. The van der Waals surface area contributed by atoms with E-state index in [9.17, 15) is 9.59 Å². The third-order valence-electron chi connectivity index (χ3n) is 3.49. The standard InChI is InChI=1S/C19H17NO5/c1-13(21)25-17-9-5-8-16-14(11-24-19(16)17)10-20-18(22)12-23-15-6-3-2-4-7-15/h2-9,11H,10,12H2,1H3,(H,20,22). The van der Waals surface area contributed by atoms with E-state index in [-0.39, 0.29) is 19.1 Å². The number of hydrogen-bond donors (Lipinski definition) is 1. The number of carbonyl (C=O) groups is 2. The van der Waals surface area contributed by atoms with Crippen LogP contribution in [0.15, 0.2) is 59.2 Å². The number of fused-ring (bicyclic) bond motifs is 1. The number of furan rings is 1. The largest absolute Gasteiger partial charge is 0.484 e. The molecule has 0 aliphatic heterocycles. The summed E-state index contributed by atoms with van der Waals surface area (Å²) in [5, 5.41) is 3.56. The van der Waals surface area contributed by atoms with Crippen molar-refractivity contribution in [3.05, 3.63) is 60.4 Å². The fraction of sp³-hybridized carbons (Fsp3) is 0.158. The van der Waals surface area contributed by atoms with Crippen LogP contribution in [0.2, 0.25) is 0 Å². The molecule has 6 heteroatoms. The highest BCUT2D eigenvalue weighted by molar-refractivity contribution is 5.88. The summed E-state index contributed by atoms with van der Waals surface area (Å²) in [6, 6.07) is 14.4. The third kappa shape index (κ3) is 4.17. The van der Waals surface area contributed by atoms with Crippen LogP contribution in [0, 0.1) is 0 Å². The molecule has 3 rings (SSSR count). The highest BCUT2D eigenvalue weighted by Gasteiger charge is 2.13. The van der Waals surface area contributed by atoms with E-state index in [0.29, 0.717) is 17.1 Å². The number of nitrogens with one attached hydrogen (secondary N) is 1. The molecule has 1 amide bonds. The Bertz CT molecular complexity index is 885. The zero-order valence-electron chi connectivity index (χ0n) is 13.7. The van der Waals surface area contributed by atoms with Crippen LogP contribution in [0.4, 0.5) is 0 Å². The molecule has 25 heavy (non-hydrogen) atoms. The van der Waals surface area contributed by atoms with Crippen molar-refractivity contribution in [1.29, 1.82) is 0 Å². The highest BCUT2D eigenvalue weighted by atomic mass is 16.5. The van der Waals surface area contributed by atoms with Crippen molar-refractivity contribution < 1.29 is 23.5 Å². The molecule has 0 unspecified atom stereocenters. The van der Waals surface area contributed by atoms with Gasteiger partial charge in [-0.15, -0.1) is 0 Å². The molecule has 0 aliphatic rings. The van der Waals surface area contributed by atoms with Crippen LogP contribution in [0.3, 0.4) is 0 Å². The number of benzene rings is 2. The minimum atomic E-state index is -0.420. The number of amides is 1. The van der Waals surface area contributed by atoms with Gasteiger partial charge in [0.05, 0.1) is 6.26 Å². The first-order valence-electron chi connectivity index (χ1n) is 7.75. The Morgan fingerprint density at radius 2 is 1.88 bits per heavy atom. The van der Waals surface area contributed by atoms with Crippen LogP contribution < -0.4 is 14.8 Å². The summed E-state index contributed by atoms with van der Waals surface area (Å²) in [6.07, 6.45) is 1.54. The first-order valence-corrected chi connectivity index (χ1v) is 7.75. The van der Waals surface area contributed by atoms with E-state index >= 15 is 0 Å². The number of rotatable bonds is 6. The van der Waals surface area contributed by atoms with Gasteiger partial charge >= 0.3 is 5.97 Å². The second-order valence-electron chi connectivity index (χ2n) is 5.37. The summed E-state index contributed by atoms with van der Waals surface area (Å²) in [5.41, 5.74) is 1.26. The summed E-state index contributed by atoms with van der Waals surface area (Å²) >= 11 is 0. The zero-order chi connectivity index (χ0) is 17.6. The van der Waals surface area contributed by atoms with Gasteiger partial charge in [-0.1, -0.05) is 30.3 Å². The van der Waals surface area contributed by atoms with Gasteiger partial charge in [-0.2, -0.15) is 0 Å². The first-order chi connectivity index (χ1) is 12.1. The fourth-order valence-electron chi connectivity index (χ4n) is 2.37. The Labute approximate surface area is 144 Å². The quantitative estimate of drug-likeness (QED) is 0.552. The van der Waals surface area contributed by atoms with E-state index in [1.165, 1.54) is 13.2 Å². The molecule has 0 aliphatic carbocycles. The summed E-state index contributed by atoms with van der Waals surface area (Å²) < 4.78 is 16.0. The second-order valence-corrected chi connectivity index (χ2v) is 5.37. The lowest BCUT2D eigenvalue weighted by Crippen LogP contribution is -2.28. The lowest BCUT2D eigenvalue weighted by Gasteiger charge is -2.07. The topological polar surface area (TPSA) is 77.8 Å². The molecule has 6 nitrogen and oxygen atoms in total. The predicted molar refractivity (Wildman–Crippen MR) is 91.3 cm³/mol. The van der Waals surface area contributed by atoms with Crippen LogP contribution in [0.5, 0.6) is 11.5 Å². The van der Waals surface area contributed by atoms with Gasteiger partial charge in [0.25, 0.3) is 5.91 Å². The molecule has 0 saturated heterocycles. The molecule has 2 aromatic carbocycles. The molecule has 128 valence electrons. The van der Waals surface area contributed by atoms with Gasteiger partial charge in [0.2, 0.25) is 0 Å². The van der Waals surface area contributed by atoms with Gasteiger partial charge in [-0.05, 0) is 18.2 Å². The van der Waals surface area contributed by atoms with E-state index < -0.39 is 5.97 Å². The van der Waals surface area contributed by atoms with Crippen molar-refractivity contribution in [2.75, 3.05) is 6.61 Å². The smallest absolute Gasteiger partial charge is 0.308 e. The fourth-order valence-corrected chi connectivity index (χ4v) is 2.37. The molecule has 0 saturated carbocycles. The van der Waals surface area contributed by atoms with Crippen molar-refractivity contribution in [3.8, 4) is 11.5 Å². The number of hydrogen-bond acceptors (Lipinski definition) is 5. The Balaban J connectivity index is 1.61. The van der Waals surface area contributed by atoms with Crippen LogP contribution in [0.1, 0.15) is 12.5 Å². The highest BCUT2D eigenvalue weighted by Crippen LogP contribution is 2.29. The maximum atomic E-state index is 11.9. The Hall–Kier alpha value is -3.28. The molecule has 3 aromatic rings. The van der Waals surface area contributed by atoms with E-state index in [1.807, 2.05) is 24.3 Å². The van der Waals surface area contributed by atoms with Crippen LogP contribution in [-0.4, -0.2) is 18.5 Å². The van der Waals surface area contributed by atoms with Crippen LogP contribution in [-0.2, 0) is 16.1 Å². The lowest BCUT2D eigenvalue weighted by atomic mass is 10.1. The van der Waals surface area contributed by atoms with E-state index in [1.54, 1.807) is 24.3 Å². The zero-order valence-corrected chi connectivity index (χ0v) is 13.7. The van der Waals surface area contributed by atoms with E-state index in [4.69, 9.17) is 13.9 Å². The molecule has 0 atom stereocenters. The van der Waals surface area contributed by atoms with Crippen LogP contribution in [0.25, 0.3) is 11.0 Å². The minimum Gasteiger partial charge on any atom is -0.484 e. The maximum absolute atomic E-state index is 11.9. The third-order valence-corrected chi connectivity index (χ3v) is 3.49. The average molecular weight is 339 g/mol. The number of carbonyl (C=O) groups excluding carboxylic acids is 2. The summed E-state index contributed by atoms with van der Waals surface area (Å²) in [5.74, 6) is 0.332. The van der Waals surface area contributed by atoms with Crippen molar-refractivity contribution in [1.82, 2.24) is 5.32 Å². The lowest BCUT2D eigenvalue weighted by molar-refractivity contribution is -0.131. The van der Waals surface area contributed by atoms with Crippen molar-refractivity contribution in [2.24, 2.45) is 0 Å². The molecular formula is C19H17NO5. The van der Waals surface area contributed by atoms with E-state index in [0.717, 1.165) is 10.9 Å². The second kappa shape index (κ2) is 7.53. The van der Waals surface area contributed by atoms with Crippen molar-refractivity contribution in [2.45, 2.75) is 13.5 Å². The minimum absolute atomic E-state index is 0.0709. The van der Waals surface area contributed by atoms with Crippen LogP contribution >= 0.6 is 0 Å². The SMILES string of the molecule is CC(=O)Oc1cccc2c(CNC(=O)COc3ccccc3)coc12. The number of para-hydroxylation sites is 2. The maximum Gasteiger partial charge on any atom is 0.308 e. The van der Waals surface area contributed by atoms with Crippen molar-refractivity contribution in [3.63, 3.8) is 0 Å². The van der Waals surface area contributed by atoms with Gasteiger partial charge in [0, 0.05) is 24.4 Å². The molecule has 1 N–H and O–H groups in total. The first kappa shape index (κ1) is 16.6. The van der Waals surface area contributed by atoms with Gasteiger partial charge in [0.1, 0.15) is 5.75 Å². The molecule has 1 heterocycles. The Morgan fingerprint density at radius 3 is 2.64 bits per heavy atom. The Morgan fingerprint density at radius 1 is 1.08 bits per heavy atom. The van der Waals surface area contributed by atoms with E-state index in [2.05, 4.69) is 5.32 Å². The molecule has 1 aromatic heterocycles. The molecule has 0 bridgehead atoms. The molecule has 0 radical (unpaired) electrons. The summed E-state index contributed by atoms with van der Waals surface area (Å²) in [4.78, 5) is 23.1. The van der Waals surface area contributed by atoms with Crippen molar-refractivity contribution >= 4 is 22.8 Å². The number of esters is 1. The Kier molecular flexibility index (Phi) is 4.99. The number of ether oxygens (including phenoxy) is 2. The van der Waals surface area contributed by atoms with Gasteiger partial charge in [0.15, 0.2) is 17.9 Å². The molecule has 0 fully saturated rings. The summed E-state index contributed by atoms with van der Waals surface area (Å²) in [7, 11) is 0. The van der Waals surface area contributed by atoms with Gasteiger partial charge in [-0.3, -0.25) is 9.59 Å². The predicted octanol–water partition coefficient (Wildman–Crippen LogP) is 3.05. The molecule has 0 spiro atoms. The molecular weight excluding hydrogens is 322 g/mol. The van der Waals surface area contributed by atoms with Gasteiger partial charge in [-0.25, -0.2) is 0 Å². The van der Waals surface area contributed by atoms with Gasteiger partial charge < -0.3 is 19.2 Å².